The van der Waals surface area contributed by atoms with E-state index in [1.807, 2.05) is 0 Å². The Labute approximate surface area is 165 Å². The quantitative estimate of drug-likeness (QED) is 0.327. The molecule has 0 spiro atoms. The molecule has 0 aliphatic carbocycles. The summed E-state index contributed by atoms with van der Waals surface area (Å²) in [5, 5.41) is 2.97. The number of sulfonamides is 1. The molecule has 0 bridgehead atoms. The van der Waals surface area contributed by atoms with Crippen LogP contribution >= 0.6 is 0 Å². The molecule has 0 rings (SSSR count). The maximum atomic E-state index is 13.5. The molecule has 0 saturated heterocycles. The van der Waals surface area contributed by atoms with Crippen LogP contribution in [0, 0.1) is 0 Å². The molecular formula is C9H7F11NNaO4S. The second kappa shape index (κ2) is 8.16. The fourth-order valence-corrected chi connectivity index (χ4v) is 2.78. The number of likely N-dealkylation sites (N-methyl/N-ethyl adjacent to an activating group) is 1. The summed E-state index contributed by atoms with van der Waals surface area (Å²) in [6.45, 7) is -2.91. The van der Waals surface area contributed by atoms with Gasteiger partial charge in [0, 0.05) is 6.54 Å². The van der Waals surface area contributed by atoms with E-state index < -0.39 is 62.6 Å². The van der Waals surface area contributed by atoms with Crippen LogP contribution in [0.15, 0.2) is 0 Å². The number of carboxylic acids is 1. The summed E-state index contributed by atoms with van der Waals surface area (Å²) in [7, 11) is -7.14. The second-order valence-electron chi connectivity index (χ2n) is 4.54. The van der Waals surface area contributed by atoms with Crippen LogP contribution in [0.25, 0.3) is 0 Å². The van der Waals surface area contributed by atoms with Gasteiger partial charge in [-0.1, -0.05) is 6.92 Å². The van der Waals surface area contributed by atoms with Gasteiger partial charge in [-0.2, -0.15) is 52.6 Å². The molecule has 0 aliphatic rings. The monoisotopic (exact) mass is 457 g/mol. The number of carboxylic acid groups (broad SMARTS) is 1. The third kappa shape index (κ3) is 4.45. The van der Waals surface area contributed by atoms with Crippen LogP contribution < -0.4 is 34.7 Å². The predicted molar refractivity (Wildman–Crippen MR) is 57.0 cm³/mol. The van der Waals surface area contributed by atoms with Crippen LogP contribution in [0.1, 0.15) is 6.92 Å². The van der Waals surface area contributed by atoms with Crippen LogP contribution in [0.4, 0.5) is 48.3 Å². The van der Waals surface area contributed by atoms with Gasteiger partial charge in [0.2, 0.25) is 0 Å². The minimum Gasteiger partial charge on any atom is -0.549 e. The van der Waals surface area contributed by atoms with E-state index in [9.17, 15) is 66.6 Å². The SMILES string of the molecule is CCN(CC(=O)[O-])S(=O)(=O)C(F)(F)C(F)(F)C(F)(F)C(F)(F)C(F)(F)F.[Na+]. The van der Waals surface area contributed by atoms with Crippen molar-refractivity contribution < 1.29 is 96.2 Å². The van der Waals surface area contributed by atoms with Gasteiger partial charge in [0.25, 0.3) is 10.0 Å². The summed E-state index contributed by atoms with van der Waals surface area (Å²) >= 11 is 0. The van der Waals surface area contributed by atoms with Crippen molar-refractivity contribution in [2.24, 2.45) is 0 Å². The topological polar surface area (TPSA) is 77.5 Å². The Hall–Kier alpha value is -0.390. The van der Waals surface area contributed by atoms with Gasteiger partial charge in [0.05, 0.1) is 12.5 Å². The average molecular weight is 457 g/mol. The van der Waals surface area contributed by atoms with E-state index in [1.54, 1.807) is 0 Å². The number of carbonyl (C=O) groups is 1. The number of carbonyl (C=O) groups excluding carboxylic acids is 1. The molecule has 156 valence electrons. The van der Waals surface area contributed by atoms with Crippen molar-refractivity contribution in [1.29, 1.82) is 0 Å². The van der Waals surface area contributed by atoms with Gasteiger partial charge in [-0.3, -0.25) is 0 Å². The summed E-state index contributed by atoms with van der Waals surface area (Å²) < 4.78 is 162. The van der Waals surface area contributed by atoms with Gasteiger partial charge in [-0.25, -0.2) is 8.42 Å². The van der Waals surface area contributed by atoms with Gasteiger partial charge in [0.15, 0.2) is 0 Å². The summed E-state index contributed by atoms with van der Waals surface area (Å²) in [6.07, 6.45) is -7.45. The van der Waals surface area contributed by atoms with Gasteiger partial charge in [-0.15, -0.1) is 0 Å². The zero-order valence-electron chi connectivity index (χ0n) is 13.1. The first-order chi connectivity index (χ1) is 11.1. The predicted octanol–water partition coefficient (Wildman–Crippen LogP) is -1.55. The van der Waals surface area contributed by atoms with Crippen LogP contribution in [0.2, 0.25) is 0 Å². The van der Waals surface area contributed by atoms with E-state index in [0.717, 1.165) is 0 Å². The molecule has 0 N–H and O–H groups in total. The normalized spacial score (nSPS) is 14.9. The second-order valence-corrected chi connectivity index (χ2v) is 6.52. The minimum atomic E-state index is -7.92. The van der Waals surface area contributed by atoms with Gasteiger partial charge in [-0.05, 0) is 0 Å². The molecule has 5 nitrogen and oxygen atoms in total. The Morgan fingerprint density at radius 2 is 1.22 bits per heavy atom. The number of aliphatic carboxylic acids is 1. The first-order valence-corrected chi connectivity index (χ1v) is 7.34. The standard InChI is InChI=1S/C9H8F11NO4S.Na/c1-2-21(3-4(22)23)26(24,25)9(19,20)7(14,15)5(10,11)6(12,13)8(16,17)18;/h2-3H2,1H3,(H,22,23);/q;+1/p-1. The number of halogens is 11. The van der Waals surface area contributed by atoms with Crippen molar-refractivity contribution in [2.45, 2.75) is 36.1 Å². The molecule has 0 saturated carbocycles. The van der Waals surface area contributed by atoms with Gasteiger partial charge < -0.3 is 9.90 Å². The third-order valence-corrected chi connectivity index (χ3v) is 4.80. The summed E-state index contributed by atoms with van der Waals surface area (Å²) in [5.74, 6) is -26.0. The van der Waals surface area contributed by atoms with E-state index in [2.05, 4.69) is 0 Å². The number of nitrogens with zero attached hydrogens (tertiary/aromatic N) is 1. The number of alkyl halides is 11. The average Bonchev–Trinajstić information content (AvgIpc) is 2.42. The van der Waals surface area contributed by atoms with Crippen molar-refractivity contribution in [3.05, 3.63) is 0 Å². The fourth-order valence-electron chi connectivity index (χ4n) is 1.39. The largest absolute Gasteiger partial charge is 1.00 e. The minimum absolute atomic E-state index is 0. The van der Waals surface area contributed by atoms with Crippen LogP contribution in [0.3, 0.4) is 0 Å². The summed E-state index contributed by atoms with van der Waals surface area (Å²) in [5.41, 5.74) is 0. The van der Waals surface area contributed by atoms with Crippen LogP contribution in [0.5, 0.6) is 0 Å². The molecule has 0 aromatic heterocycles. The van der Waals surface area contributed by atoms with E-state index in [0.29, 0.717) is 6.92 Å². The zero-order chi connectivity index (χ0) is 21.6. The number of hydrogen-bond acceptors (Lipinski definition) is 4. The molecule has 0 aromatic rings. The molecule has 0 aliphatic heterocycles. The third-order valence-electron chi connectivity index (χ3n) is 2.83. The molecule has 0 fully saturated rings. The molecule has 0 atom stereocenters. The Morgan fingerprint density at radius 1 is 0.852 bits per heavy atom. The van der Waals surface area contributed by atoms with Crippen molar-refractivity contribution in [3.63, 3.8) is 0 Å². The molecule has 0 amide bonds. The molecule has 18 heteroatoms. The van der Waals surface area contributed by atoms with Crippen LogP contribution in [-0.4, -0.2) is 61.0 Å². The van der Waals surface area contributed by atoms with E-state index in [4.69, 9.17) is 0 Å². The molecule has 0 unspecified atom stereocenters. The maximum absolute atomic E-state index is 13.5. The van der Waals surface area contributed by atoms with E-state index >= 15 is 0 Å². The summed E-state index contributed by atoms with van der Waals surface area (Å²) in [6, 6.07) is 0. The Morgan fingerprint density at radius 3 is 1.48 bits per heavy atom. The molecule has 27 heavy (non-hydrogen) atoms. The van der Waals surface area contributed by atoms with Crippen molar-refractivity contribution in [1.82, 2.24) is 4.31 Å². The first kappa shape index (κ1) is 28.8. The van der Waals surface area contributed by atoms with E-state index in [1.165, 1.54) is 0 Å². The molecule has 0 aromatic carbocycles. The van der Waals surface area contributed by atoms with Crippen molar-refractivity contribution >= 4 is 16.0 Å². The Balaban J connectivity index is 0. The molecule has 0 radical (unpaired) electrons. The zero-order valence-corrected chi connectivity index (χ0v) is 15.9. The fraction of sp³-hybridized carbons (Fsp3) is 0.889. The van der Waals surface area contributed by atoms with E-state index in [-0.39, 0.29) is 29.6 Å². The van der Waals surface area contributed by atoms with Crippen molar-refractivity contribution in [2.75, 3.05) is 13.1 Å². The summed E-state index contributed by atoms with van der Waals surface area (Å²) in [4.78, 5) is 10.2. The first-order valence-electron chi connectivity index (χ1n) is 5.90. The Kier molecular flexibility index (Phi) is 8.70. The number of rotatable bonds is 8. The van der Waals surface area contributed by atoms with Gasteiger partial charge >= 0.3 is 58.8 Å². The maximum Gasteiger partial charge on any atom is 1.00 e. The Bertz CT molecular complexity index is 649. The van der Waals surface area contributed by atoms with Gasteiger partial charge in [0.1, 0.15) is 0 Å². The number of hydrogen-bond donors (Lipinski definition) is 0. The molecular weight excluding hydrogens is 450 g/mol. The van der Waals surface area contributed by atoms with Crippen LogP contribution in [-0.2, 0) is 14.8 Å². The smallest absolute Gasteiger partial charge is 0.549 e. The molecule has 0 heterocycles. The van der Waals surface area contributed by atoms with Crippen molar-refractivity contribution in [3.8, 4) is 0 Å².